The number of nitrogens with zero attached hydrogens (tertiary/aromatic N) is 1. The maximum absolute atomic E-state index is 6.65. The Balaban J connectivity index is 1.29. The summed E-state index contributed by atoms with van der Waals surface area (Å²) in [5.41, 5.74) is 1.35. The molecule has 1 aromatic heterocycles. The Kier molecular flexibility index (Phi) is 1.34. The van der Waals surface area contributed by atoms with Crippen molar-refractivity contribution in [2.75, 3.05) is 0 Å². The van der Waals surface area contributed by atoms with Crippen molar-refractivity contribution in [1.82, 2.24) is 10.3 Å². The second-order valence-electron chi connectivity index (χ2n) is 8.01. The Bertz CT molecular complexity index is 623. The molecule has 8 rings (SSSR count). The van der Waals surface area contributed by atoms with Crippen LogP contribution in [0.15, 0.2) is 24.5 Å². The second-order valence-corrected chi connectivity index (χ2v) is 8.01. The van der Waals surface area contributed by atoms with Crippen molar-refractivity contribution in [3.63, 3.8) is 0 Å². The van der Waals surface area contributed by atoms with Gasteiger partial charge in [-0.3, -0.25) is 10.3 Å². The lowest BCUT2D eigenvalue weighted by Crippen LogP contribution is -2.56. The average Bonchev–Trinajstić information content (AvgIpc) is 3.10. The van der Waals surface area contributed by atoms with Gasteiger partial charge in [0.15, 0.2) is 0 Å². The van der Waals surface area contributed by atoms with Crippen molar-refractivity contribution in [3.8, 4) is 0 Å². The lowest BCUT2D eigenvalue weighted by Gasteiger charge is -2.46. The zero-order valence-corrected chi connectivity index (χ0v) is 11.3. The molecule has 7 fully saturated rings. The maximum Gasteiger partial charge on any atom is 0.126 e. The fourth-order valence-corrected chi connectivity index (χ4v) is 8.03. The molecule has 2 saturated heterocycles. The first-order valence-corrected chi connectivity index (χ1v) is 8.22. The summed E-state index contributed by atoms with van der Waals surface area (Å²) in [6, 6.07) is 4.20. The molecule has 5 aliphatic carbocycles. The van der Waals surface area contributed by atoms with Gasteiger partial charge in [0.25, 0.3) is 0 Å². The highest BCUT2D eigenvalue weighted by molar-refractivity contribution is 5.38. The Morgan fingerprint density at radius 1 is 1.20 bits per heavy atom. The standard InChI is InChI=1S/C17H18N2O/c1-2-7(5-18-3-1)6-19-17-14-9-4-8-10-11(9)15(17)13(10)16(20-17)12(8)14/h1-3,5,8-16,19H,4,6H2/t8-,9+,10-,11+,12+,13+,14+,15+,16-,17+/m0/s1. The summed E-state index contributed by atoms with van der Waals surface area (Å²) in [6.07, 6.45) is 5.99. The third-order valence-corrected chi connectivity index (χ3v) is 7.99. The van der Waals surface area contributed by atoms with Crippen LogP contribution in [0.2, 0.25) is 0 Å². The first-order chi connectivity index (χ1) is 9.90. The molecule has 4 bridgehead atoms. The average molecular weight is 266 g/mol. The number of ether oxygens (including phenoxy) is 1. The molecule has 102 valence electrons. The molecule has 3 nitrogen and oxygen atoms in total. The Morgan fingerprint density at radius 3 is 3.10 bits per heavy atom. The zero-order valence-electron chi connectivity index (χ0n) is 11.3. The molecular weight excluding hydrogens is 248 g/mol. The van der Waals surface area contributed by atoms with Crippen LogP contribution in [0.5, 0.6) is 0 Å². The number of pyridine rings is 1. The fourth-order valence-electron chi connectivity index (χ4n) is 8.03. The van der Waals surface area contributed by atoms with E-state index in [-0.39, 0.29) is 5.72 Å². The molecule has 0 amide bonds. The topological polar surface area (TPSA) is 34.2 Å². The summed E-state index contributed by atoms with van der Waals surface area (Å²) in [5.74, 6) is 7.70. The Hall–Kier alpha value is -0.930. The number of aromatic nitrogens is 1. The summed E-state index contributed by atoms with van der Waals surface area (Å²) < 4.78 is 6.65. The molecule has 0 radical (unpaired) electrons. The predicted molar refractivity (Wildman–Crippen MR) is 71.2 cm³/mol. The van der Waals surface area contributed by atoms with Crippen LogP contribution >= 0.6 is 0 Å². The molecule has 20 heavy (non-hydrogen) atoms. The van der Waals surface area contributed by atoms with Gasteiger partial charge in [-0.15, -0.1) is 0 Å². The molecule has 0 aromatic carbocycles. The van der Waals surface area contributed by atoms with Crippen LogP contribution in [0.3, 0.4) is 0 Å². The van der Waals surface area contributed by atoms with Crippen LogP contribution in [0.25, 0.3) is 0 Å². The van der Waals surface area contributed by atoms with E-state index < -0.39 is 0 Å². The van der Waals surface area contributed by atoms with Gasteiger partial charge in [0.2, 0.25) is 0 Å². The van der Waals surface area contributed by atoms with E-state index in [0.29, 0.717) is 6.10 Å². The minimum absolute atomic E-state index is 0.0624. The molecule has 3 heterocycles. The number of hydrogen-bond donors (Lipinski definition) is 1. The largest absolute Gasteiger partial charge is 0.356 e. The van der Waals surface area contributed by atoms with Crippen LogP contribution in [0.4, 0.5) is 0 Å². The third kappa shape index (κ3) is 0.723. The Morgan fingerprint density at radius 2 is 2.20 bits per heavy atom. The van der Waals surface area contributed by atoms with Crippen molar-refractivity contribution in [2.24, 2.45) is 47.3 Å². The van der Waals surface area contributed by atoms with E-state index in [1.165, 1.54) is 12.0 Å². The minimum Gasteiger partial charge on any atom is -0.356 e. The minimum atomic E-state index is 0.0624. The van der Waals surface area contributed by atoms with E-state index in [9.17, 15) is 0 Å². The lowest BCUT2D eigenvalue weighted by molar-refractivity contribution is -0.0591. The molecule has 10 atom stereocenters. The highest BCUT2D eigenvalue weighted by Crippen LogP contribution is 2.89. The van der Waals surface area contributed by atoms with Crippen molar-refractivity contribution >= 4 is 0 Å². The fraction of sp³-hybridized carbons (Fsp3) is 0.706. The van der Waals surface area contributed by atoms with Gasteiger partial charge in [-0.1, -0.05) is 6.07 Å². The predicted octanol–water partition coefficient (Wildman–Crippen LogP) is 1.65. The summed E-state index contributed by atoms with van der Waals surface area (Å²) in [6.45, 7) is 0.918. The van der Waals surface area contributed by atoms with Crippen LogP contribution in [0, 0.1) is 47.3 Å². The van der Waals surface area contributed by atoms with E-state index in [0.717, 1.165) is 53.9 Å². The van der Waals surface area contributed by atoms with E-state index in [2.05, 4.69) is 16.4 Å². The van der Waals surface area contributed by atoms with Crippen molar-refractivity contribution in [3.05, 3.63) is 30.1 Å². The van der Waals surface area contributed by atoms with Gasteiger partial charge in [-0.05, 0) is 53.6 Å². The van der Waals surface area contributed by atoms with E-state index in [1.54, 1.807) is 0 Å². The first kappa shape index (κ1) is 9.91. The van der Waals surface area contributed by atoms with Gasteiger partial charge in [0, 0.05) is 30.8 Å². The summed E-state index contributed by atoms with van der Waals surface area (Å²) >= 11 is 0. The highest BCUT2D eigenvalue weighted by atomic mass is 16.5. The van der Waals surface area contributed by atoms with Crippen molar-refractivity contribution in [1.29, 1.82) is 0 Å². The quantitative estimate of drug-likeness (QED) is 0.903. The van der Waals surface area contributed by atoms with Gasteiger partial charge >= 0.3 is 0 Å². The van der Waals surface area contributed by atoms with Crippen LogP contribution < -0.4 is 5.32 Å². The third-order valence-electron chi connectivity index (χ3n) is 7.99. The molecule has 0 spiro atoms. The second kappa shape index (κ2) is 2.71. The van der Waals surface area contributed by atoms with Gasteiger partial charge in [0.1, 0.15) is 5.72 Å². The van der Waals surface area contributed by atoms with E-state index in [4.69, 9.17) is 4.74 Å². The summed E-state index contributed by atoms with van der Waals surface area (Å²) in [4.78, 5) is 4.23. The van der Waals surface area contributed by atoms with Gasteiger partial charge in [0.05, 0.1) is 6.10 Å². The summed E-state index contributed by atoms with van der Waals surface area (Å²) in [7, 11) is 0. The Labute approximate surface area is 118 Å². The molecule has 0 unspecified atom stereocenters. The number of hydrogen-bond acceptors (Lipinski definition) is 3. The number of rotatable bonds is 3. The van der Waals surface area contributed by atoms with Crippen LogP contribution in [-0.4, -0.2) is 16.8 Å². The van der Waals surface area contributed by atoms with Gasteiger partial charge in [-0.25, -0.2) is 0 Å². The SMILES string of the molecule is c1cncc(CN[C@]23O[C@@H]4[C@@H]5[C@H]6[C@@H]7C[C@H]([C@H]6[C@H]52)[C@@H]3[C@@H]74)c1. The first-order valence-electron chi connectivity index (χ1n) is 8.22. The normalized spacial score (nSPS) is 64.7. The molecule has 2 aliphatic heterocycles. The van der Waals surface area contributed by atoms with E-state index >= 15 is 0 Å². The van der Waals surface area contributed by atoms with Gasteiger partial charge < -0.3 is 4.74 Å². The molecule has 1 aromatic rings. The maximum atomic E-state index is 6.65. The van der Waals surface area contributed by atoms with Crippen molar-refractivity contribution in [2.45, 2.75) is 24.8 Å². The molecule has 5 saturated carbocycles. The van der Waals surface area contributed by atoms with Gasteiger partial charge in [-0.2, -0.15) is 0 Å². The number of nitrogens with one attached hydrogen (secondary N) is 1. The molecule has 7 aliphatic rings. The lowest BCUT2D eigenvalue weighted by atomic mass is 9.59. The van der Waals surface area contributed by atoms with Crippen LogP contribution in [-0.2, 0) is 11.3 Å². The molecular formula is C17H18N2O. The zero-order chi connectivity index (χ0) is 12.6. The smallest absolute Gasteiger partial charge is 0.126 e. The van der Waals surface area contributed by atoms with Crippen LogP contribution in [0.1, 0.15) is 12.0 Å². The van der Waals surface area contributed by atoms with Crippen molar-refractivity contribution < 1.29 is 4.74 Å². The monoisotopic (exact) mass is 266 g/mol. The molecule has 1 N–H and O–H groups in total. The molecule has 3 heteroatoms. The van der Waals surface area contributed by atoms with E-state index in [1.807, 2.05) is 18.5 Å². The highest BCUT2D eigenvalue weighted by Gasteiger charge is 2.92. The summed E-state index contributed by atoms with van der Waals surface area (Å²) in [5, 5.41) is 3.88.